The van der Waals surface area contributed by atoms with Crippen LogP contribution < -0.4 is 10.1 Å². The van der Waals surface area contributed by atoms with Crippen molar-refractivity contribution in [3.63, 3.8) is 0 Å². The van der Waals surface area contributed by atoms with Crippen LogP contribution in [-0.4, -0.2) is 24.5 Å². The summed E-state index contributed by atoms with van der Waals surface area (Å²) >= 11 is 0. The summed E-state index contributed by atoms with van der Waals surface area (Å²) in [6.45, 7) is 0.652. The van der Waals surface area contributed by atoms with E-state index in [0.717, 1.165) is 0 Å². The van der Waals surface area contributed by atoms with E-state index in [1.54, 1.807) is 12.3 Å². The first-order valence-electron chi connectivity index (χ1n) is 4.98. The van der Waals surface area contributed by atoms with Crippen LogP contribution >= 0.6 is 0 Å². The van der Waals surface area contributed by atoms with E-state index >= 15 is 0 Å². The number of rotatable bonds is 2. The van der Waals surface area contributed by atoms with Crippen molar-refractivity contribution in [3.05, 3.63) is 23.4 Å². The molecular formula is C11H11N3O2. The van der Waals surface area contributed by atoms with E-state index < -0.39 is 0 Å². The van der Waals surface area contributed by atoms with Gasteiger partial charge in [-0.05, 0) is 18.1 Å². The summed E-state index contributed by atoms with van der Waals surface area (Å²) in [7, 11) is 1.46. The largest absolute Gasteiger partial charge is 0.480 e. The second-order valence-electron chi connectivity index (χ2n) is 3.53. The van der Waals surface area contributed by atoms with Crippen molar-refractivity contribution < 1.29 is 9.53 Å². The first-order chi connectivity index (χ1) is 7.77. The Morgan fingerprint density at radius 3 is 3.06 bits per heavy atom. The van der Waals surface area contributed by atoms with Crippen LogP contribution in [0.5, 0.6) is 5.88 Å². The molecule has 5 nitrogen and oxygen atoms in total. The van der Waals surface area contributed by atoms with Crippen molar-refractivity contribution in [2.75, 3.05) is 13.7 Å². The molecule has 0 radical (unpaired) electrons. The maximum absolute atomic E-state index is 11.6. The fourth-order valence-corrected chi connectivity index (χ4v) is 1.90. The Balaban J connectivity index is 2.48. The topological polar surface area (TPSA) is 75.0 Å². The lowest BCUT2D eigenvalue weighted by Gasteiger charge is -2.10. The molecule has 1 atom stereocenters. The normalized spacial score (nSPS) is 19.0. The standard InChI is InChI=1S/C11H11N3O2/c1-16-11-9(6-12)7(2-5-14-11)8-3-4-13-10(8)15/h2,5,8H,3-4H2,1H3,(H,13,15). The highest BCUT2D eigenvalue weighted by molar-refractivity contribution is 5.86. The summed E-state index contributed by atoms with van der Waals surface area (Å²) in [4.78, 5) is 15.5. The van der Waals surface area contributed by atoms with Crippen molar-refractivity contribution in [1.82, 2.24) is 10.3 Å². The van der Waals surface area contributed by atoms with E-state index in [-0.39, 0.29) is 17.7 Å². The number of carbonyl (C=O) groups excluding carboxylic acids is 1. The van der Waals surface area contributed by atoms with Gasteiger partial charge in [0.05, 0.1) is 13.0 Å². The quantitative estimate of drug-likeness (QED) is 0.785. The SMILES string of the molecule is COc1nccc(C2CCNC2=O)c1C#N. The number of methoxy groups -OCH3 is 1. The fourth-order valence-electron chi connectivity index (χ4n) is 1.90. The zero-order valence-corrected chi connectivity index (χ0v) is 8.86. The number of ether oxygens (including phenoxy) is 1. The smallest absolute Gasteiger partial charge is 0.231 e. The van der Waals surface area contributed by atoms with Gasteiger partial charge in [0.25, 0.3) is 0 Å². The molecule has 2 heterocycles. The van der Waals surface area contributed by atoms with E-state index in [1.807, 2.05) is 6.07 Å². The van der Waals surface area contributed by atoms with Gasteiger partial charge >= 0.3 is 0 Å². The van der Waals surface area contributed by atoms with Gasteiger partial charge < -0.3 is 10.1 Å². The zero-order valence-electron chi connectivity index (χ0n) is 8.86. The molecule has 0 spiro atoms. The van der Waals surface area contributed by atoms with Gasteiger partial charge in [0.1, 0.15) is 11.6 Å². The molecule has 16 heavy (non-hydrogen) atoms. The number of aromatic nitrogens is 1. The molecule has 1 amide bonds. The number of carbonyl (C=O) groups is 1. The van der Waals surface area contributed by atoms with E-state index in [2.05, 4.69) is 10.3 Å². The van der Waals surface area contributed by atoms with Crippen LogP contribution in [0.4, 0.5) is 0 Å². The van der Waals surface area contributed by atoms with Crippen LogP contribution in [0, 0.1) is 11.3 Å². The highest BCUT2D eigenvalue weighted by Gasteiger charge is 2.29. The Morgan fingerprint density at radius 1 is 1.69 bits per heavy atom. The highest BCUT2D eigenvalue weighted by Crippen LogP contribution is 2.29. The summed E-state index contributed by atoms with van der Waals surface area (Å²) in [6, 6.07) is 3.75. The number of nitrogens with zero attached hydrogens (tertiary/aromatic N) is 2. The Hall–Kier alpha value is -2.09. The molecule has 0 saturated carbocycles. The van der Waals surface area contributed by atoms with Gasteiger partial charge in [-0.3, -0.25) is 4.79 Å². The van der Waals surface area contributed by atoms with Crippen molar-refractivity contribution in [3.8, 4) is 11.9 Å². The summed E-state index contributed by atoms with van der Waals surface area (Å²) in [5.41, 5.74) is 1.05. The minimum absolute atomic E-state index is 0.0373. The van der Waals surface area contributed by atoms with Gasteiger partial charge in [-0.15, -0.1) is 0 Å². The predicted molar refractivity (Wildman–Crippen MR) is 55.9 cm³/mol. The molecule has 0 bridgehead atoms. The number of nitriles is 1. The molecule has 1 fully saturated rings. The zero-order chi connectivity index (χ0) is 11.5. The molecule has 82 valence electrons. The van der Waals surface area contributed by atoms with E-state index in [0.29, 0.717) is 24.1 Å². The molecule has 0 aromatic carbocycles. The van der Waals surface area contributed by atoms with E-state index in [1.165, 1.54) is 7.11 Å². The maximum atomic E-state index is 11.6. The molecule has 1 aliphatic heterocycles. The summed E-state index contributed by atoms with van der Waals surface area (Å²) in [6.07, 6.45) is 2.27. The molecule has 1 unspecified atom stereocenters. The van der Waals surface area contributed by atoms with Crippen LogP contribution in [0.15, 0.2) is 12.3 Å². The van der Waals surface area contributed by atoms with Gasteiger partial charge in [-0.1, -0.05) is 0 Å². The first-order valence-corrected chi connectivity index (χ1v) is 4.98. The molecular weight excluding hydrogens is 206 g/mol. The molecule has 0 aliphatic carbocycles. The molecule has 1 saturated heterocycles. The second kappa shape index (κ2) is 4.19. The van der Waals surface area contributed by atoms with Crippen LogP contribution in [0.2, 0.25) is 0 Å². The molecule has 1 aromatic rings. The first kappa shape index (κ1) is 10.4. The van der Waals surface area contributed by atoms with Gasteiger partial charge in [0.15, 0.2) is 0 Å². The Bertz CT molecular complexity index is 465. The van der Waals surface area contributed by atoms with Crippen LogP contribution in [0.3, 0.4) is 0 Å². The molecule has 1 aliphatic rings. The average Bonchev–Trinajstić information content (AvgIpc) is 2.74. The number of hydrogen-bond acceptors (Lipinski definition) is 4. The van der Waals surface area contributed by atoms with Gasteiger partial charge in [-0.2, -0.15) is 5.26 Å². The van der Waals surface area contributed by atoms with Crippen molar-refractivity contribution in [2.24, 2.45) is 0 Å². The van der Waals surface area contributed by atoms with Gasteiger partial charge in [-0.25, -0.2) is 4.98 Å². The highest BCUT2D eigenvalue weighted by atomic mass is 16.5. The Labute approximate surface area is 93.1 Å². The lowest BCUT2D eigenvalue weighted by atomic mass is 9.94. The molecule has 1 N–H and O–H groups in total. The fraction of sp³-hybridized carbons (Fsp3) is 0.364. The van der Waals surface area contributed by atoms with Gasteiger partial charge in [0.2, 0.25) is 11.8 Å². The maximum Gasteiger partial charge on any atom is 0.231 e. The number of hydrogen-bond donors (Lipinski definition) is 1. The molecule has 2 rings (SSSR count). The van der Waals surface area contributed by atoms with Crippen molar-refractivity contribution in [2.45, 2.75) is 12.3 Å². The summed E-state index contributed by atoms with van der Waals surface area (Å²) in [5, 5.41) is 11.8. The molecule has 5 heteroatoms. The Kier molecular flexibility index (Phi) is 2.73. The third-order valence-corrected chi connectivity index (χ3v) is 2.68. The van der Waals surface area contributed by atoms with Crippen LogP contribution in [0.1, 0.15) is 23.5 Å². The minimum Gasteiger partial charge on any atom is -0.480 e. The predicted octanol–water partition coefficient (Wildman–Crippen LogP) is 0.565. The number of pyridine rings is 1. The number of amides is 1. The van der Waals surface area contributed by atoms with Crippen molar-refractivity contribution in [1.29, 1.82) is 5.26 Å². The Morgan fingerprint density at radius 2 is 2.50 bits per heavy atom. The lowest BCUT2D eigenvalue weighted by Crippen LogP contribution is -2.18. The van der Waals surface area contributed by atoms with E-state index in [4.69, 9.17) is 10.00 Å². The molecule has 1 aromatic heterocycles. The van der Waals surface area contributed by atoms with Gasteiger partial charge in [0, 0.05) is 12.7 Å². The summed E-state index contributed by atoms with van der Waals surface area (Å²) in [5.74, 6) is -0.0176. The summed E-state index contributed by atoms with van der Waals surface area (Å²) < 4.78 is 5.01. The van der Waals surface area contributed by atoms with Crippen LogP contribution in [0.25, 0.3) is 0 Å². The van der Waals surface area contributed by atoms with Crippen LogP contribution in [-0.2, 0) is 4.79 Å². The van der Waals surface area contributed by atoms with Crippen molar-refractivity contribution >= 4 is 5.91 Å². The minimum atomic E-state index is -0.258. The third-order valence-electron chi connectivity index (χ3n) is 2.68. The lowest BCUT2D eigenvalue weighted by molar-refractivity contribution is -0.120. The number of nitrogens with one attached hydrogen (secondary N) is 1. The third kappa shape index (κ3) is 1.58. The van der Waals surface area contributed by atoms with E-state index in [9.17, 15) is 4.79 Å². The second-order valence-corrected chi connectivity index (χ2v) is 3.53. The monoisotopic (exact) mass is 217 g/mol. The average molecular weight is 217 g/mol.